The van der Waals surface area contributed by atoms with Crippen molar-refractivity contribution in [2.45, 2.75) is 5.38 Å². The van der Waals surface area contributed by atoms with Crippen molar-refractivity contribution in [2.24, 2.45) is 0 Å². The van der Waals surface area contributed by atoms with E-state index in [1.165, 1.54) is 0 Å². The summed E-state index contributed by atoms with van der Waals surface area (Å²) in [7, 11) is 3.23. The molecule has 106 valence electrons. The standard InChI is InChI=1S/C15H13BrCl2O2/c1-19-10-4-6-14(20-2)11(8-10)15(18)9-3-5-12(16)13(17)7-9/h3-8,15H,1-2H3. The van der Waals surface area contributed by atoms with Crippen molar-refractivity contribution in [2.75, 3.05) is 14.2 Å². The highest BCUT2D eigenvalue weighted by atomic mass is 79.9. The third-order valence-electron chi connectivity index (χ3n) is 2.95. The molecule has 0 aromatic heterocycles. The van der Waals surface area contributed by atoms with Gasteiger partial charge >= 0.3 is 0 Å². The van der Waals surface area contributed by atoms with Gasteiger partial charge in [0.15, 0.2) is 0 Å². The Bertz CT molecular complexity index is 617. The van der Waals surface area contributed by atoms with Gasteiger partial charge in [0.25, 0.3) is 0 Å². The van der Waals surface area contributed by atoms with Gasteiger partial charge in [0.1, 0.15) is 11.5 Å². The molecule has 20 heavy (non-hydrogen) atoms. The summed E-state index contributed by atoms with van der Waals surface area (Å²) >= 11 is 16.0. The van der Waals surface area contributed by atoms with E-state index >= 15 is 0 Å². The molecule has 5 heteroatoms. The van der Waals surface area contributed by atoms with Crippen LogP contribution in [0, 0.1) is 0 Å². The maximum Gasteiger partial charge on any atom is 0.124 e. The van der Waals surface area contributed by atoms with E-state index in [1.54, 1.807) is 14.2 Å². The van der Waals surface area contributed by atoms with E-state index in [1.807, 2.05) is 36.4 Å². The second kappa shape index (κ2) is 6.70. The first-order valence-corrected chi connectivity index (χ1v) is 7.48. The van der Waals surface area contributed by atoms with Crippen LogP contribution in [0.2, 0.25) is 5.02 Å². The molecule has 0 fully saturated rings. The van der Waals surface area contributed by atoms with E-state index in [0.29, 0.717) is 10.8 Å². The SMILES string of the molecule is COc1ccc(OC)c(C(Cl)c2ccc(Br)c(Cl)c2)c1. The normalized spacial score (nSPS) is 12.1. The van der Waals surface area contributed by atoms with Crippen molar-refractivity contribution in [3.8, 4) is 11.5 Å². The number of hydrogen-bond donors (Lipinski definition) is 0. The predicted octanol–water partition coefficient (Wildman–Crippen LogP) is 5.45. The molecule has 2 aromatic rings. The molecule has 0 saturated heterocycles. The van der Waals surface area contributed by atoms with Crippen LogP contribution in [-0.4, -0.2) is 14.2 Å². The molecule has 2 rings (SSSR count). The highest BCUT2D eigenvalue weighted by molar-refractivity contribution is 9.10. The maximum absolute atomic E-state index is 6.56. The molecule has 0 bridgehead atoms. The van der Waals surface area contributed by atoms with Gasteiger partial charge in [0.05, 0.1) is 24.6 Å². The topological polar surface area (TPSA) is 18.5 Å². The fourth-order valence-electron chi connectivity index (χ4n) is 1.89. The molecule has 0 spiro atoms. The zero-order chi connectivity index (χ0) is 14.7. The molecule has 0 aliphatic heterocycles. The first-order valence-electron chi connectivity index (χ1n) is 5.87. The molecule has 0 saturated carbocycles. The molecule has 1 atom stereocenters. The molecule has 0 radical (unpaired) electrons. The summed E-state index contributed by atoms with van der Waals surface area (Å²) < 4.78 is 11.4. The van der Waals surface area contributed by atoms with Gasteiger partial charge in [-0.3, -0.25) is 0 Å². The lowest BCUT2D eigenvalue weighted by molar-refractivity contribution is 0.399. The molecule has 0 amide bonds. The Kier molecular flexibility index (Phi) is 5.19. The van der Waals surface area contributed by atoms with Crippen LogP contribution in [0.25, 0.3) is 0 Å². The van der Waals surface area contributed by atoms with Crippen LogP contribution in [0.3, 0.4) is 0 Å². The molecule has 2 nitrogen and oxygen atoms in total. The minimum Gasteiger partial charge on any atom is -0.497 e. The van der Waals surface area contributed by atoms with Crippen molar-refractivity contribution in [1.82, 2.24) is 0 Å². The van der Waals surface area contributed by atoms with Crippen LogP contribution in [0.4, 0.5) is 0 Å². The summed E-state index contributed by atoms with van der Waals surface area (Å²) in [6, 6.07) is 11.2. The van der Waals surface area contributed by atoms with E-state index in [4.69, 9.17) is 32.7 Å². The Morgan fingerprint density at radius 1 is 1.05 bits per heavy atom. The van der Waals surface area contributed by atoms with Crippen LogP contribution in [0.15, 0.2) is 40.9 Å². The number of methoxy groups -OCH3 is 2. The number of benzene rings is 2. The van der Waals surface area contributed by atoms with Gasteiger partial charge in [-0.05, 0) is 51.8 Å². The van der Waals surface area contributed by atoms with Gasteiger partial charge < -0.3 is 9.47 Å². The fraction of sp³-hybridized carbons (Fsp3) is 0.200. The minimum absolute atomic E-state index is 0.370. The molecule has 0 aliphatic rings. The first-order chi connectivity index (χ1) is 9.56. The number of alkyl halides is 1. The average molecular weight is 376 g/mol. The molecule has 0 N–H and O–H groups in total. The Labute approximate surface area is 136 Å². The lowest BCUT2D eigenvalue weighted by Crippen LogP contribution is -1.98. The highest BCUT2D eigenvalue weighted by Gasteiger charge is 2.17. The Morgan fingerprint density at radius 2 is 1.80 bits per heavy atom. The van der Waals surface area contributed by atoms with Gasteiger partial charge in [-0.2, -0.15) is 0 Å². The summed E-state index contributed by atoms with van der Waals surface area (Å²) in [5.41, 5.74) is 1.73. The van der Waals surface area contributed by atoms with Gasteiger partial charge in [0.2, 0.25) is 0 Å². The lowest BCUT2D eigenvalue weighted by atomic mass is 10.0. The molecule has 1 unspecified atom stereocenters. The number of rotatable bonds is 4. The predicted molar refractivity (Wildman–Crippen MR) is 86.4 cm³/mol. The summed E-state index contributed by atoms with van der Waals surface area (Å²) in [6.45, 7) is 0. The Morgan fingerprint density at radius 3 is 2.40 bits per heavy atom. The van der Waals surface area contributed by atoms with E-state index in [0.717, 1.165) is 21.3 Å². The van der Waals surface area contributed by atoms with Crippen molar-refractivity contribution in [3.05, 3.63) is 57.0 Å². The zero-order valence-corrected chi connectivity index (χ0v) is 14.1. The first kappa shape index (κ1) is 15.5. The van der Waals surface area contributed by atoms with Crippen LogP contribution in [-0.2, 0) is 0 Å². The molecule has 2 aromatic carbocycles. The third kappa shape index (κ3) is 3.22. The zero-order valence-electron chi connectivity index (χ0n) is 11.0. The van der Waals surface area contributed by atoms with Gasteiger partial charge in [0, 0.05) is 10.0 Å². The van der Waals surface area contributed by atoms with Crippen LogP contribution >= 0.6 is 39.1 Å². The minimum atomic E-state index is -0.370. The summed E-state index contributed by atoms with van der Waals surface area (Å²) in [4.78, 5) is 0. The summed E-state index contributed by atoms with van der Waals surface area (Å²) in [5.74, 6) is 1.44. The molecule has 0 heterocycles. The van der Waals surface area contributed by atoms with Crippen molar-refractivity contribution in [1.29, 1.82) is 0 Å². The van der Waals surface area contributed by atoms with E-state index < -0.39 is 0 Å². The van der Waals surface area contributed by atoms with Crippen LogP contribution in [0.1, 0.15) is 16.5 Å². The molecule has 0 aliphatic carbocycles. The van der Waals surface area contributed by atoms with Crippen molar-refractivity contribution >= 4 is 39.1 Å². The van der Waals surface area contributed by atoms with Crippen molar-refractivity contribution in [3.63, 3.8) is 0 Å². The quantitative estimate of drug-likeness (QED) is 0.661. The monoisotopic (exact) mass is 374 g/mol. The van der Waals surface area contributed by atoms with E-state index in [-0.39, 0.29) is 5.38 Å². The number of ether oxygens (including phenoxy) is 2. The largest absolute Gasteiger partial charge is 0.497 e. The fourth-order valence-corrected chi connectivity index (χ4v) is 2.63. The van der Waals surface area contributed by atoms with Gasteiger partial charge in [-0.1, -0.05) is 17.7 Å². The van der Waals surface area contributed by atoms with Crippen LogP contribution < -0.4 is 9.47 Å². The lowest BCUT2D eigenvalue weighted by Gasteiger charge is -2.16. The van der Waals surface area contributed by atoms with Crippen molar-refractivity contribution < 1.29 is 9.47 Å². The average Bonchev–Trinajstić information content (AvgIpc) is 2.48. The van der Waals surface area contributed by atoms with E-state index in [9.17, 15) is 0 Å². The Balaban J connectivity index is 2.45. The van der Waals surface area contributed by atoms with E-state index in [2.05, 4.69) is 15.9 Å². The second-order valence-corrected chi connectivity index (χ2v) is 5.84. The third-order valence-corrected chi connectivity index (χ3v) is 4.67. The highest BCUT2D eigenvalue weighted by Crippen LogP contribution is 2.38. The summed E-state index contributed by atoms with van der Waals surface area (Å²) in [6.07, 6.45) is 0. The van der Waals surface area contributed by atoms with Gasteiger partial charge in [-0.15, -0.1) is 11.6 Å². The molecular weight excluding hydrogens is 363 g/mol. The maximum atomic E-state index is 6.56. The van der Waals surface area contributed by atoms with Crippen LogP contribution in [0.5, 0.6) is 11.5 Å². The smallest absolute Gasteiger partial charge is 0.124 e. The summed E-state index contributed by atoms with van der Waals surface area (Å²) in [5, 5.41) is 0.251. The van der Waals surface area contributed by atoms with Gasteiger partial charge in [-0.25, -0.2) is 0 Å². The molecular formula is C15H13BrCl2O2. The number of hydrogen-bond acceptors (Lipinski definition) is 2. The second-order valence-electron chi connectivity index (χ2n) is 4.14. The Hall–Kier alpha value is -0.900. The number of halogens is 3.